The Morgan fingerprint density at radius 3 is 1.86 bits per heavy atom. The standard InChI is InChI=1S/C53H82O25/c1-48(2)14-16-53(47(70)78-45-35(63)33(61)31(59)25(20-55)73-45)17-15-51(6)22(23(53)18-48)8-9-27-50(5)12-11-28(49(3,4)26(50)10-13-52(27,51)7)74-46-40(77-44-34(62)32(60)30(58)24(19-54)72-44)38(36(64)39(76-46)42(68)69)75-43(37(65)41(66)67)71-21-29(56)57/h8,23-28,30-40,43-46,54-55,58-65H,9-21H2,1-7H3,(H,56,57)(H,66,67)(H,68,69). The molecule has 0 aromatic rings. The van der Waals surface area contributed by atoms with Crippen LogP contribution < -0.4 is 0 Å². The van der Waals surface area contributed by atoms with E-state index in [1.165, 1.54) is 5.57 Å². The minimum absolute atomic E-state index is 0.0778. The molecule has 0 aromatic carbocycles. The number of rotatable bonds is 16. The van der Waals surface area contributed by atoms with Crippen LogP contribution in [0.1, 0.15) is 113 Å². The third-order valence-electron chi connectivity index (χ3n) is 20.4. The third kappa shape index (κ3) is 10.4. The van der Waals surface area contributed by atoms with Crippen LogP contribution in [0.3, 0.4) is 0 Å². The third-order valence-corrected chi connectivity index (χ3v) is 20.4. The Balaban J connectivity index is 1.09. The quantitative estimate of drug-likeness (QED) is 0.0387. The first kappa shape index (κ1) is 61.0. The van der Waals surface area contributed by atoms with Crippen LogP contribution in [-0.2, 0) is 57.1 Å². The van der Waals surface area contributed by atoms with Gasteiger partial charge in [0.05, 0.1) is 24.7 Å². The highest BCUT2D eigenvalue weighted by Gasteiger charge is 2.70. The average molecular weight is 1120 g/mol. The second-order valence-corrected chi connectivity index (χ2v) is 25.5. The van der Waals surface area contributed by atoms with E-state index in [1.807, 2.05) is 13.8 Å². The Morgan fingerprint density at radius 2 is 1.27 bits per heavy atom. The van der Waals surface area contributed by atoms with Gasteiger partial charge in [0.2, 0.25) is 12.4 Å². The van der Waals surface area contributed by atoms with Crippen LogP contribution >= 0.6 is 0 Å². The van der Waals surface area contributed by atoms with Gasteiger partial charge in [-0.15, -0.1) is 0 Å². The Labute approximate surface area is 451 Å². The molecular formula is C53H82O25. The molecule has 7 fully saturated rings. The Morgan fingerprint density at radius 1 is 0.667 bits per heavy atom. The van der Waals surface area contributed by atoms with Gasteiger partial charge < -0.3 is 104 Å². The maximum absolute atomic E-state index is 14.8. The number of aliphatic hydroxyl groups excluding tert-OH is 10. The van der Waals surface area contributed by atoms with Gasteiger partial charge >= 0.3 is 23.9 Å². The number of ether oxygens (including phenoxy) is 8. The summed E-state index contributed by atoms with van der Waals surface area (Å²) in [7, 11) is 0. The van der Waals surface area contributed by atoms with Gasteiger partial charge in [0.1, 0.15) is 73.8 Å². The molecule has 3 aliphatic heterocycles. The summed E-state index contributed by atoms with van der Waals surface area (Å²) in [6.45, 7) is 12.5. The lowest BCUT2D eigenvalue weighted by Crippen LogP contribution is -2.68. The van der Waals surface area contributed by atoms with E-state index < -0.39 is 171 Å². The van der Waals surface area contributed by atoms with Crippen molar-refractivity contribution in [3.05, 3.63) is 11.6 Å². The number of aliphatic hydroxyl groups is 10. The van der Waals surface area contributed by atoms with Crippen molar-refractivity contribution in [2.45, 2.75) is 223 Å². The second-order valence-electron chi connectivity index (χ2n) is 25.5. The maximum Gasteiger partial charge on any atom is 0.337 e. The smallest absolute Gasteiger partial charge is 0.337 e. The van der Waals surface area contributed by atoms with E-state index in [0.717, 1.165) is 12.8 Å². The van der Waals surface area contributed by atoms with Crippen LogP contribution in [0, 0.1) is 50.2 Å². The molecule has 0 radical (unpaired) electrons. The van der Waals surface area contributed by atoms with Crippen molar-refractivity contribution in [3.63, 3.8) is 0 Å². The van der Waals surface area contributed by atoms with Gasteiger partial charge in [-0.2, -0.15) is 0 Å². The lowest BCUT2D eigenvalue weighted by atomic mass is 9.33. The van der Waals surface area contributed by atoms with Crippen LogP contribution in [0.15, 0.2) is 11.6 Å². The molecule has 3 saturated heterocycles. The number of hydrogen-bond donors (Lipinski definition) is 13. The fraction of sp³-hybridized carbons (Fsp3) is 0.887. The van der Waals surface area contributed by atoms with Gasteiger partial charge in [-0.25, -0.2) is 14.4 Å². The fourth-order valence-electron chi connectivity index (χ4n) is 15.8. The number of carboxylic acid groups (broad SMARTS) is 3. The minimum Gasteiger partial charge on any atom is -0.480 e. The predicted molar refractivity (Wildman–Crippen MR) is 261 cm³/mol. The summed E-state index contributed by atoms with van der Waals surface area (Å²) in [6, 6.07) is 0. The zero-order valence-corrected chi connectivity index (χ0v) is 45.1. The van der Waals surface area contributed by atoms with Crippen molar-refractivity contribution in [3.8, 4) is 0 Å². The summed E-state index contributed by atoms with van der Waals surface area (Å²) in [5, 5.41) is 136. The first-order chi connectivity index (χ1) is 36.3. The van der Waals surface area contributed by atoms with Crippen LogP contribution in [0.25, 0.3) is 0 Å². The summed E-state index contributed by atoms with van der Waals surface area (Å²) >= 11 is 0. The molecule has 25 atom stereocenters. The highest BCUT2D eigenvalue weighted by atomic mass is 16.8. The molecule has 8 rings (SSSR count). The van der Waals surface area contributed by atoms with E-state index in [0.29, 0.717) is 51.4 Å². The van der Waals surface area contributed by atoms with E-state index in [4.69, 9.17) is 37.9 Å². The molecule has 13 N–H and O–H groups in total. The first-order valence-electron chi connectivity index (χ1n) is 27.1. The van der Waals surface area contributed by atoms with Crippen LogP contribution in [0.4, 0.5) is 0 Å². The van der Waals surface area contributed by atoms with Gasteiger partial charge in [-0.3, -0.25) is 4.79 Å². The summed E-state index contributed by atoms with van der Waals surface area (Å²) in [5.41, 5.74) is -1.80. The minimum atomic E-state index is -2.62. The molecule has 4 saturated carbocycles. The van der Waals surface area contributed by atoms with E-state index in [1.54, 1.807) is 0 Å². The Bertz CT molecular complexity index is 2240. The van der Waals surface area contributed by atoms with Crippen molar-refractivity contribution in [1.82, 2.24) is 0 Å². The van der Waals surface area contributed by atoms with Crippen molar-refractivity contribution in [1.29, 1.82) is 0 Å². The molecular weight excluding hydrogens is 1040 g/mol. The number of allylic oxidation sites excluding steroid dienone is 2. The molecule has 25 heteroatoms. The largest absolute Gasteiger partial charge is 0.480 e. The predicted octanol–water partition coefficient (Wildman–Crippen LogP) is -0.870. The van der Waals surface area contributed by atoms with Crippen molar-refractivity contribution < 1.29 is 123 Å². The highest BCUT2D eigenvalue weighted by Crippen LogP contribution is 2.76. The van der Waals surface area contributed by atoms with Crippen molar-refractivity contribution >= 4 is 23.9 Å². The highest BCUT2D eigenvalue weighted by molar-refractivity contribution is 5.79. The van der Waals surface area contributed by atoms with E-state index in [-0.39, 0.29) is 34.0 Å². The van der Waals surface area contributed by atoms with Gasteiger partial charge in [0.15, 0.2) is 25.0 Å². The number of aliphatic carboxylic acids is 3. The summed E-state index contributed by atoms with van der Waals surface area (Å²) in [4.78, 5) is 51.2. The van der Waals surface area contributed by atoms with E-state index in [2.05, 4.69) is 40.7 Å². The van der Waals surface area contributed by atoms with Gasteiger partial charge in [-0.05, 0) is 109 Å². The molecule has 25 unspecified atom stereocenters. The SMILES string of the molecule is CC1(C)CCC2(C(=O)OC3OC(CO)C(O)C(O)C3O)CCC3(C)C(=CCC4C5(C)CCC(OC6OC(C(=O)O)C(O)C(OC(OCC(=O)O)C(O)C(=O)O)C6OC6OC(CO)C(O)C(O)C6O)C(C)(C)C5CCC43C)C2C1. The lowest BCUT2D eigenvalue weighted by molar-refractivity contribution is -0.387. The van der Waals surface area contributed by atoms with Gasteiger partial charge in [-0.1, -0.05) is 60.1 Å². The fourth-order valence-corrected chi connectivity index (χ4v) is 15.8. The first-order valence-corrected chi connectivity index (χ1v) is 27.1. The van der Waals surface area contributed by atoms with Crippen molar-refractivity contribution in [2.75, 3.05) is 19.8 Å². The Kier molecular flexibility index (Phi) is 17.4. The topological polar surface area (TPSA) is 405 Å². The maximum atomic E-state index is 14.8. The zero-order chi connectivity index (χ0) is 57.6. The molecule has 25 nitrogen and oxygen atoms in total. The van der Waals surface area contributed by atoms with Gasteiger partial charge in [0.25, 0.3) is 0 Å². The number of esters is 1. The molecule has 0 bridgehead atoms. The molecule has 3 heterocycles. The molecule has 0 spiro atoms. The summed E-state index contributed by atoms with van der Waals surface area (Å²) < 4.78 is 47.0. The average Bonchev–Trinajstić information content (AvgIpc) is 3.35. The normalized spacial score (nSPS) is 47.6. The van der Waals surface area contributed by atoms with Crippen LogP contribution in [-0.4, -0.2) is 221 Å². The lowest BCUT2D eigenvalue weighted by Gasteiger charge is -2.71. The number of carbonyl (C=O) groups excluding carboxylic acids is 1. The van der Waals surface area contributed by atoms with E-state index in [9.17, 15) is 85.6 Å². The summed E-state index contributed by atoms with van der Waals surface area (Å²) in [5.74, 6) is -6.13. The zero-order valence-electron chi connectivity index (χ0n) is 45.1. The Hall–Kier alpha value is -3.06. The molecule has 444 valence electrons. The summed E-state index contributed by atoms with van der Waals surface area (Å²) in [6.07, 6.45) is -25.4. The molecule has 0 aromatic heterocycles. The number of carboxylic acids is 3. The van der Waals surface area contributed by atoms with Crippen LogP contribution in [0.5, 0.6) is 0 Å². The monoisotopic (exact) mass is 1120 g/mol. The molecule has 8 aliphatic rings. The number of hydrogen-bond acceptors (Lipinski definition) is 22. The molecule has 0 amide bonds. The van der Waals surface area contributed by atoms with Crippen LogP contribution in [0.2, 0.25) is 0 Å². The van der Waals surface area contributed by atoms with E-state index >= 15 is 0 Å². The number of carbonyl (C=O) groups is 4. The van der Waals surface area contributed by atoms with Gasteiger partial charge in [0, 0.05) is 0 Å². The number of fused-ring (bicyclic) bond motifs is 7. The second kappa shape index (κ2) is 22.3. The van der Waals surface area contributed by atoms with Crippen molar-refractivity contribution in [2.24, 2.45) is 50.2 Å². The molecule has 5 aliphatic carbocycles. The molecule has 78 heavy (non-hydrogen) atoms.